The van der Waals surface area contributed by atoms with Gasteiger partial charge in [0.15, 0.2) is 0 Å². The lowest BCUT2D eigenvalue weighted by molar-refractivity contribution is -0.116. The summed E-state index contributed by atoms with van der Waals surface area (Å²) in [6.07, 6.45) is 3.91. The molecule has 0 radical (unpaired) electrons. The summed E-state index contributed by atoms with van der Waals surface area (Å²) in [5.74, 6) is 0.790. The number of amides is 1. The van der Waals surface area contributed by atoms with Gasteiger partial charge in [0.2, 0.25) is 5.91 Å². The van der Waals surface area contributed by atoms with Crippen molar-refractivity contribution in [2.24, 2.45) is 0 Å². The van der Waals surface area contributed by atoms with Crippen molar-refractivity contribution < 1.29 is 4.79 Å². The summed E-state index contributed by atoms with van der Waals surface area (Å²) in [6, 6.07) is 3.73. The first-order valence-corrected chi connectivity index (χ1v) is 6.34. The average Bonchev–Trinajstić information content (AvgIpc) is 2.95. The molecule has 1 amide bonds. The minimum absolute atomic E-state index is 0.0953. The molecule has 0 spiro atoms. The molecule has 6 heteroatoms. The summed E-state index contributed by atoms with van der Waals surface area (Å²) < 4.78 is 1.92. The lowest BCUT2D eigenvalue weighted by atomic mass is 10.3. The number of rotatable bonds is 4. The zero-order valence-corrected chi connectivity index (χ0v) is 10.7. The summed E-state index contributed by atoms with van der Waals surface area (Å²) in [6.45, 7) is 2.48. The summed E-state index contributed by atoms with van der Waals surface area (Å²) >= 11 is 1.36. The summed E-state index contributed by atoms with van der Waals surface area (Å²) in [5, 5.41) is 14.0. The average molecular weight is 260 g/mol. The minimum Gasteiger partial charge on any atom is -0.335 e. The Kier molecular flexibility index (Phi) is 3.75. The van der Waals surface area contributed by atoms with Crippen molar-refractivity contribution in [1.29, 1.82) is 5.26 Å². The van der Waals surface area contributed by atoms with E-state index in [-0.39, 0.29) is 5.91 Å². The van der Waals surface area contributed by atoms with Gasteiger partial charge in [-0.3, -0.25) is 4.79 Å². The van der Waals surface area contributed by atoms with E-state index in [1.54, 1.807) is 17.6 Å². The maximum atomic E-state index is 11.7. The molecule has 2 rings (SSSR count). The fourth-order valence-electron chi connectivity index (χ4n) is 1.55. The Morgan fingerprint density at radius 3 is 3.17 bits per heavy atom. The number of carbonyl (C=O) groups is 1. The second kappa shape index (κ2) is 5.47. The number of anilines is 1. The predicted molar refractivity (Wildman–Crippen MR) is 69.2 cm³/mol. The summed E-state index contributed by atoms with van der Waals surface area (Å²) in [4.78, 5) is 15.8. The van der Waals surface area contributed by atoms with Gasteiger partial charge in [0.25, 0.3) is 0 Å². The van der Waals surface area contributed by atoms with Crippen LogP contribution in [0.15, 0.2) is 23.8 Å². The highest BCUT2D eigenvalue weighted by Crippen LogP contribution is 2.22. The molecule has 0 saturated carbocycles. The third kappa shape index (κ3) is 2.76. The van der Waals surface area contributed by atoms with Gasteiger partial charge in [-0.25, -0.2) is 4.98 Å². The van der Waals surface area contributed by atoms with Crippen LogP contribution in [0.5, 0.6) is 0 Å². The van der Waals surface area contributed by atoms with Crippen molar-refractivity contribution in [3.8, 4) is 6.07 Å². The molecule has 0 saturated heterocycles. The van der Waals surface area contributed by atoms with Crippen LogP contribution in [0.25, 0.3) is 0 Å². The molecule has 0 aliphatic carbocycles. The van der Waals surface area contributed by atoms with E-state index in [9.17, 15) is 4.79 Å². The van der Waals surface area contributed by atoms with Gasteiger partial charge >= 0.3 is 0 Å². The van der Waals surface area contributed by atoms with Gasteiger partial charge in [-0.1, -0.05) is 0 Å². The van der Waals surface area contributed by atoms with Gasteiger partial charge in [-0.2, -0.15) is 5.26 Å². The van der Waals surface area contributed by atoms with Crippen LogP contribution in [0.3, 0.4) is 0 Å². The molecule has 0 unspecified atom stereocenters. The Morgan fingerprint density at radius 1 is 1.67 bits per heavy atom. The zero-order valence-electron chi connectivity index (χ0n) is 9.88. The highest BCUT2D eigenvalue weighted by Gasteiger charge is 2.08. The second-order valence-electron chi connectivity index (χ2n) is 3.74. The van der Waals surface area contributed by atoms with Crippen molar-refractivity contribution in [2.45, 2.75) is 19.9 Å². The molecule has 0 aromatic carbocycles. The molecule has 0 aliphatic heterocycles. The Morgan fingerprint density at radius 2 is 2.50 bits per heavy atom. The molecule has 0 fully saturated rings. The van der Waals surface area contributed by atoms with E-state index in [0.717, 1.165) is 5.82 Å². The number of carbonyl (C=O) groups excluding carboxylic acids is 1. The van der Waals surface area contributed by atoms with E-state index in [4.69, 9.17) is 5.26 Å². The van der Waals surface area contributed by atoms with Crippen molar-refractivity contribution in [2.75, 3.05) is 5.32 Å². The third-order valence-electron chi connectivity index (χ3n) is 2.54. The molecular formula is C12H12N4OS. The fraction of sp³-hybridized carbons (Fsp3) is 0.250. The number of thiophene rings is 1. The quantitative estimate of drug-likeness (QED) is 0.915. The molecule has 92 valence electrons. The van der Waals surface area contributed by atoms with Gasteiger partial charge in [-0.15, -0.1) is 11.3 Å². The highest BCUT2D eigenvalue weighted by molar-refractivity contribution is 7.14. The number of aromatic nitrogens is 2. The van der Waals surface area contributed by atoms with E-state index in [1.165, 1.54) is 11.3 Å². The normalized spacial score (nSPS) is 10.0. The first-order chi connectivity index (χ1) is 8.70. The van der Waals surface area contributed by atoms with Crippen LogP contribution in [0.4, 0.5) is 5.00 Å². The van der Waals surface area contributed by atoms with E-state index >= 15 is 0 Å². The molecule has 2 aromatic rings. The fourth-order valence-corrected chi connectivity index (χ4v) is 2.30. The molecule has 2 heterocycles. The molecule has 0 aliphatic rings. The molecule has 0 bridgehead atoms. The smallest absolute Gasteiger partial charge is 0.226 e. The number of nitriles is 1. The summed E-state index contributed by atoms with van der Waals surface area (Å²) in [5.41, 5.74) is 0.507. The van der Waals surface area contributed by atoms with Crippen LogP contribution in [0.2, 0.25) is 0 Å². The number of nitrogens with zero attached hydrogens (tertiary/aromatic N) is 3. The molecule has 0 atom stereocenters. The standard InChI is InChI=1S/C12H12N4OS/c1-9-14-4-6-16(9)5-2-11(17)15-12-10(8-13)3-7-18-12/h3-4,6-7H,2,5H2,1H3,(H,15,17). The van der Waals surface area contributed by atoms with E-state index in [2.05, 4.69) is 10.3 Å². The number of nitrogens with one attached hydrogen (secondary N) is 1. The molecule has 1 N–H and O–H groups in total. The number of imidazole rings is 1. The highest BCUT2D eigenvalue weighted by atomic mass is 32.1. The maximum absolute atomic E-state index is 11.7. The number of aryl methyl sites for hydroxylation is 2. The van der Waals surface area contributed by atoms with Gasteiger partial charge in [-0.05, 0) is 18.4 Å². The largest absolute Gasteiger partial charge is 0.335 e. The van der Waals surface area contributed by atoms with Crippen LogP contribution in [-0.4, -0.2) is 15.5 Å². The van der Waals surface area contributed by atoms with E-state index < -0.39 is 0 Å². The lowest BCUT2D eigenvalue weighted by Crippen LogP contribution is -2.14. The number of hydrogen-bond donors (Lipinski definition) is 1. The van der Waals surface area contributed by atoms with Crippen molar-refractivity contribution in [3.05, 3.63) is 35.2 Å². The number of hydrogen-bond acceptors (Lipinski definition) is 4. The Bertz CT molecular complexity index is 593. The van der Waals surface area contributed by atoms with E-state index in [0.29, 0.717) is 23.5 Å². The topological polar surface area (TPSA) is 70.7 Å². The maximum Gasteiger partial charge on any atom is 0.226 e. The zero-order chi connectivity index (χ0) is 13.0. The SMILES string of the molecule is Cc1nccn1CCC(=O)Nc1sccc1C#N. The van der Waals surface area contributed by atoms with Crippen molar-refractivity contribution in [3.63, 3.8) is 0 Å². The predicted octanol–water partition coefficient (Wildman–Crippen LogP) is 2.15. The first-order valence-electron chi connectivity index (χ1n) is 5.46. The van der Waals surface area contributed by atoms with Crippen LogP contribution in [0.1, 0.15) is 17.8 Å². The van der Waals surface area contributed by atoms with Crippen LogP contribution in [0, 0.1) is 18.3 Å². The van der Waals surface area contributed by atoms with Crippen LogP contribution in [-0.2, 0) is 11.3 Å². The Hall–Kier alpha value is -2.13. The van der Waals surface area contributed by atoms with Crippen molar-refractivity contribution in [1.82, 2.24) is 9.55 Å². The molecular weight excluding hydrogens is 248 g/mol. The Balaban J connectivity index is 1.90. The monoisotopic (exact) mass is 260 g/mol. The van der Waals surface area contributed by atoms with Gasteiger partial charge in [0, 0.05) is 25.4 Å². The first kappa shape index (κ1) is 12.3. The minimum atomic E-state index is -0.0953. The van der Waals surface area contributed by atoms with E-state index in [1.807, 2.05) is 23.8 Å². The second-order valence-corrected chi connectivity index (χ2v) is 4.66. The molecule has 5 nitrogen and oxygen atoms in total. The van der Waals surface area contributed by atoms with Crippen molar-refractivity contribution >= 4 is 22.2 Å². The van der Waals surface area contributed by atoms with Crippen LogP contribution >= 0.6 is 11.3 Å². The Labute approximate surface area is 109 Å². The van der Waals surface area contributed by atoms with Gasteiger partial charge < -0.3 is 9.88 Å². The summed E-state index contributed by atoms with van der Waals surface area (Å²) in [7, 11) is 0. The molecule has 2 aromatic heterocycles. The van der Waals surface area contributed by atoms with Gasteiger partial charge in [0.1, 0.15) is 16.9 Å². The van der Waals surface area contributed by atoms with Gasteiger partial charge in [0.05, 0.1) is 5.56 Å². The lowest BCUT2D eigenvalue weighted by Gasteiger charge is -2.05. The van der Waals surface area contributed by atoms with Crippen LogP contribution < -0.4 is 5.32 Å². The third-order valence-corrected chi connectivity index (χ3v) is 3.37. The molecule has 18 heavy (non-hydrogen) atoms.